The molecule has 5 nitrogen and oxygen atoms in total. The minimum atomic E-state index is -0.723. The molecule has 2 saturated heterocycles. The predicted molar refractivity (Wildman–Crippen MR) is 81.7 cm³/mol. The number of phenols is 1. The first-order valence-electron chi connectivity index (χ1n) is 7.94. The Hall–Kier alpha value is -1.66. The number of nitrogens with zero attached hydrogens (tertiary/aromatic N) is 1. The van der Waals surface area contributed by atoms with Crippen molar-refractivity contribution in [3.05, 3.63) is 29.6 Å². The molecule has 1 aromatic rings. The van der Waals surface area contributed by atoms with Crippen LogP contribution < -0.4 is 0 Å². The summed E-state index contributed by atoms with van der Waals surface area (Å²) in [6.07, 6.45) is 2.50. The molecule has 6 heteroatoms. The number of hydrogen-bond acceptors (Lipinski definition) is 4. The molecule has 1 atom stereocenters. The van der Waals surface area contributed by atoms with Crippen LogP contribution in [-0.2, 0) is 4.74 Å². The molecule has 0 aromatic heterocycles. The van der Waals surface area contributed by atoms with E-state index in [1.165, 1.54) is 12.1 Å². The summed E-state index contributed by atoms with van der Waals surface area (Å²) in [4.78, 5) is 14.1. The number of hydrogen-bond donors (Lipinski definition) is 2. The summed E-state index contributed by atoms with van der Waals surface area (Å²) >= 11 is 0. The van der Waals surface area contributed by atoms with Crippen molar-refractivity contribution in [3.63, 3.8) is 0 Å². The number of rotatable bonds is 1. The number of ether oxygens (including phenoxy) is 1. The van der Waals surface area contributed by atoms with Gasteiger partial charge in [-0.2, -0.15) is 0 Å². The Labute approximate surface area is 134 Å². The van der Waals surface area contributed by atoms with Gasteiger partial charge in [-0.15, -0.1) is 0 Å². The third kappa shape index (κ3) is 3.33. The standard InChI is InChI=1S/C17H22FNO4/c1-16(22)6-9-23-17(11-16)4-7-19(8-5-17)15(21)13-3-2-12(18)10-14(13)20/h2-3,10,20,22H,4-9,11H2,1H3. The Bertz CT molecular complexity index is 609. The van der Waals surface area contributed by atoms with Crippen LogP contribution in [-0.4, -0.2) is 51.9 Å². The highest BCUT2D eigenvalue weighted by atomic mass is 19.1. The maximum atomic E-state index is 13.0. The monoisotopic (exact) mass is 323 g/mol. The van der Waals surface area contributed by atoms with Crippen molar-refractivity contribution >= 4 is 5.91 Å². The van der Waals surface area contributed by atoms with Crippen molar-refractivity contribution in [2.75, 3.05) is 19.7 Å². The fourth-order valence-electron chi connectivity index (χ4n) is 3.62. The zero-order valence-corrected chi connectivity index (χ0v) is 13.2. The SMILES string of the molecule is CC1(O)CCOC2(CCN(C(=O)c3ccc(F)cc3O)CC2)C1. The van der Waals surface area contributed by atoms with Crippen LogP contribution in [0.3, 0.4) is 0 Å². The van der Waals surface area contributed by atoms with Crippen molar-refractivity contribution in [2.24, 2.45) is 0 Å². The van der Waals surface area contributed by atoms with Gasteiger partial charge in [0.05, 0.1) is 23.4 Å². The molecule has 0 aliphatic carbocycles. The van der Waals surface area contributed by atoms with Gasteiger partial charge < -0.3 is 19.8 Å². The van der Waals surface area contributed by atoms with E-state index in [2.05, 4.69) is 0 Å². The molecular weight excluding hydrogens is 301 g/mol. The normalized spacial score (nSPS) is 27.2. The lowest BCUT2D eigenvalue weighted by Gasteiger charge is -2.48. The highest BCUT2D eigenvalue weighted by Gasteiger charge is 2.45. The maximum absolute atomic E-state index is 13.0. The number of aliphatic hydroxyl groups is 1. The van der Waals surface area contributed by atoms with E-state index in [4.69, 9.17) is 4.74 Å². The summed E-state index contributed by atoms with van der Waals surface area (Å²) in [7, 11) is 0. The van der Waals surface area contributed by atoms with Gasteiger partial charge in [0.1, 0.15) is 11.6 Å². The summed E-state index contributed by atoms with van der Waals surface area (Å²) < 4.78 is 19.0. The molecule has 0 radical (unpaired) electrons. The number of carbonyl (C=O) groups is 1. The molecule has 1 unspecified atom stereocenters. The first-order chi connectivity index (χ1) is 10.8. The minimum Gasteiger partial charge on any atom is -0.507 e. The van der Waals surface area contributed by atoms with Crippen LogP contribution in [0.25, 0.3) is 0 Å². The smallest absolute Gasteiger partial charge is 0.257 e. The highest BCUT2D eigenvalue weighted by molar-refractivity contribution is 5.96. The molecule has 23 heavy (non-hydrogen) atoms. The Morgan fingerprint density at radius 3 is 2.61 bits per heavy atom. The van der Waals surface area contributed by atoms with E-state index < -0.39 is 11.4 Å². The lowest BCUT2D eigenvalue weighted by Crippen LogP contribution is -2.54. The first kappa shape index (κ1) is 16.2. The van der Waals surface area contributed by atoms with Gasteiger partial charge in [-0.3, -0.25) is 4.79 Å². The Morgan fingerprint density at radius 1 is 1.30 bits per heavy atom. The van der Waals surface area contributed by atoms with Gasteiger partial charge in [0.15, 0.2) is 0 Å². The van der Waals surface area contributed by atoms with Crippen LogP contribution in [0.5, 0.6) is 5.75 Å². The fourth-order valence-corrected chi connectivity index (χ4v) is 3.62. The van der Waals surface area contributed by atoms with Gasteiger partial charge in [-0.25, -0.2) is 4.39 Å². The van der Waals surface area contributed by atoms with Crippen LogP contribution in [0.1, 0.15) is 43.0 Å². The van der Waals surface area contributed by atoms with E-state index in [0.717, 1.165) is 6.07 Å². The average Bonchev–Trinajstić information content (AvgIpc) is 2.46. The topological polar surface area (TPSA) is 70.0 Å². The van der Waals surface area contributed by atoms with Crippen molar-refractivity contribution in [3.8, 4) is 5.75 Å². The predicted octanol–water partition coefficient (Wildman–Crippen LogP) is 2.07. The average molecular weight is 323 g/mol. The molecule has 126 valence electrons. The molecule has 0 bridgehead atoms. The first-order valence-corrected chi connectivity index (χ1v) is 7.94. The second kappa shape index (κ2) is 5.76. The lowest BCUT2D eigenvalue weighted by molar-refractivity contribution is -0.170. The number of amides is 1. The van der Waals surface area contributed by atoms with Crippen molar-refractivity contribution in [2.45, 2.75) is 43.8 Å². The van der Waals surface area contributed by atoms with Gasteiger partial charge in [-0.05, 0) is 38.3 Å². The van der Waals surface area contributed by atoms with Gasteiger partial charge in [0.2, 0.25) is 0 Å². The van der Waals surface area contributed by atoms with Crippen LogP contribution in [0.2, 0.25) is 0 Å². The number of aromatic hydroxyl groups is 1. The number of halogens is 1. The number of likely N-dealkylation sites (tertiary alicyclic amines) is 1. The summed E-state index contributed by atoms with van der Waals surface area (Å²) in [5, 5.41) is 20.0. The molecular formula is C17H22FNO4. The summed E-state index contributed by atoms with van der Waals surface area (Å²) in [5.74, 6) is -1.22. The van der Waals surface area contributed by atoms with Crippen LogP contribution in [0.4, 0.5) is 4.39 Å². The van der Waals surface area contributed by atoms with Gasteiger partial charge in [0.25, 0.3) is 5.91 Å². The second-order valence-electron chi connectivity index (χ2n) is 6.91. The Kier molecular flexibility index (Phi) is 4.06. The number of benzene rings is 1. The third-order valence-corrected chi connectivity index (χ3v) is 4.90. The highest BCUT2D eigenvalue weighted by Crippen LogP contribution is 2.39. The van der Waals surface area contributed by atoms with Crippen molar-refractivity contribution in [1.82, 2.24) is 4.90 Å². The van der Waals surface area contributed by atoms with Gasteiger partial charge in [0, 0.05) is 25.6 Å². The largest absolute Gasteiger partial charge is 0.507 e. The summed E-state index contributed by atoms with van der Waals surface area (Å²) in [5.41, 5.74) is -0.984. The third-order valence-electron chi connectivity index (χ3n) is 4.90. The quantitative estimate of drug-likeness (QED) is 0.830. The molecule has 3 rings (SSSR count). The van der Waals surface area contributed by atoms with E-state index >= 15 is 0 Å². The molecule has 1 amide bonds. The molecule has 2 N–H and O–H groups in total. The van der Waals surface area contributed by atoms with Crippen LogP contribution >= 0.6 is 0 Å². The van der Waals surface area contributed by atoms with Gasteiger partial charge in [-0.1, -0.05) is 0 Å². The minimum absolute atomic E-state index is 0.110. The molecule has 1 spiro atoms. The van der Waals surface area contributed by atoms with Crippen LogP contribution in [0.15, 0.2) is 18.2 Å². The van der Waals surface area contributed by atoms with E-state index in [0.29, 0.717) is 45.4 Å². The van der Waals surface area contributed by atoms with E-state index in [-0.39, 0.29) is 22.8 Å². The Balaban J connectivity index is 1.68. The van der Waals surface area contributed by atoms with E-state index in [1.807, 2.05) is 6.92 Å². The zero-order valence-electron chi connectivity index (χ0n) is 13.2. The van der Waals surface area contributed by atoms with E-state index in [1.54, 1.807) is 4.90 Å². The molecule has 2 aliphatic rings. The summed E-state index contributed by atoms with van der Waals surface area (Å²) in [6.45, 7) is 3.34. The zero-order chi connectivity index (χ0) is 16.7. The summed E-state index contributed by atoms with van der Waals surface area (Å²) in [6, 6.07) is 3.42. The van der Waals surface area contributed by atoms with Crippen molar-refractivity contribution < 1.29 is 24.1 Å². The molecule has 0 saturated carbocycles. The van der Waals surface area contributed by atoms with E-state index in [9.17, 15) is 19.4 Å². The number of carbonyl (C=O) groups excluding carboxylic acids is 1. The lowest BCUT2D eigenvalue weighted by atomic mass is 9.78. The maximum Gasteiger partial charge on any atom is 0.257 e. The Morgan fingerprint density at radius 2 is 2.00 bits per heavy atom. The molecule has 1 aromatic carbocycles. The van der Waals surface area contributed by atoms with Crippen molar-refractivity contribution in [1.29, 1.82) is 0 Å². The number of phenolic OH excluding ortho intramolecular Hbond substituents is 1. The molecule has 2 fully saturated rings. The molecule has 2 heterocycles. The fraction of sp³-hybridized carbons (Fsp3) is 0.588. The second-order valence-corrected chi connectivity index (χ2v) is 6.91. The van der Waals surface area contributed by atoms with Crippen LogP contribution in [0, 0.1) is 5.82 Å². The molecule has 2 aliphatic heterocycles. The number of piperidine rings is 1. The van der Waals surface area contributed by atoms with Gasteiger partial charge >= 0.3 is 0 Å².